The summed E-state index contributed by atoms with van der Waals surface area (Å²) in [6.07, 6.45) is 0. The summed E-state index contributed by atoms with van der Waals surface area (Å²) in [6.45, 7) is 6.28. The summed E-state index contributed by atoms with van der Waals surface area (Å²) in [5.41, 5.74) is 0.201. The van der Waals surface area contributed by atoms with Gasteiger partial charge in [0.25, 0.3) is 10.0 Å². The second-order valence-corrected chi connectivity index (χ2v) is 11.8. The average Bonchev–Trinajstić information content (AvgIpc) is 3.21. The van der Waals surface area contributed by atoms with Crippen LogP contribution in [0.25, 0.3) is 22.2 Å². The van der Waals surface area contributed by atoms with Crippen LogP contribution in [0.2, 0.25) is 10.0 Å². The quantitative estimate of drug-likeness (QED) is 0.271. The van der Waals surface area contributed by atoms with Gasteiger partial charge in [0.05, 0.1) is 10.6 Å². The van der Waals surface area contributed by atoms with Crippen molar-refractivity contribution in [3.05, 3.63) is 70.5 Å². The number of esters is 1. The first-order valence-electron chi connectivity index (χ1n) is 10.9. The number of benzene rings is 3. The maximum atomic E-state index is 13.7. The average molecular weight is 548 g/mol. The number of rotatable bonds is 6. The summed E-state index contributed by atoms with van der Waals surface area (Å²) in [7, 11) is -4.24. The van der Waals surface area contributed by atoms with Crippen molar-refractivity contribution >= 4 is 55.7 Å². The number of hydrogen-bond donors (Lipinski definition) is 0. The molecule has 0 radical (unpaired) electrons. The molecule has 0 amide bonds. The summed E-state index contributed by atoms with van der Waals surface area (Å²) in [5.74, 6) is 0.122. The first-order valence-corrected chi connectivity index (χ1v) is 13.1. The topological polar surface area (TPSA) is 103 Å². The van der Waals surface area contributed by atoms with Gasteiger partial charge in [-0.2, -0.15) is 0 Å². The van der Waals surface area contributed by atoms with Crippen LogP contribution >= 0.6 is 23.2 Å². The van der Waals surface area contributed by atoms with E-state index >= 15 is 0 Å². The number of halogens is 2. The molecule has 0 aliphatic rings. The standard InChI is InChI=1S/C25H23Cl2N3O5S/c1-15-28-29-24(34-15)18-6-5-17-10-21(8-7-16(17)9-18)30(14-23(31)35-25(2,3)4)36(32,33)22-12-19(26)11-20(27)13-22/h5-13H,14H2,1-4H3. The number of sulfonamides is 1. The normalized spacial score (nSPS) is 12.1. The predicted molar refractivity (Wildman–Crippen MR) is 139 cm³/mol. The molecule has 0 spiro atoms. The van der Waals surface area contributed by atoms with Crippen LogP contribution in [0.5, 0.6) is 0 Å². The van der Waals surface area contributed by atoms with E-state index in [4.69, 9.17) is 32.4 Å². The Morgan fingerprint density at radius 3 is 2.22 bits per heavy atom. The van der Waals surface area contributed by atoms with Gasteiger partial charge in [-0.15, -0.1) is 10.2 Å². The fraction of sp³-hybridized carbons (Fsp3) is 0.240. The third-order valence-corrected chi connectivity index (χ3v) is 7.19. The van der Waals surface area contributed by atoms with E-state index in [1.54, 1.807) is 52.0 Å². The maximum Gasteiger partial charge on any atom is 0.327 e. The number of hydrogen-bond acceptors (Lipinski definition) is 7. The third-order valence-electron chi connectivity index (χ3n) is 5.00. The molecular formula is C25H23Cl2N3O5S. The van der Waals surface area contributed by atoms with Crippen molar-refractivity contribution in [1.29, 1.82) is 0 Å². The summed E-state index contributed by atoms with van der Waals surface area (Å²) in [6, 6.07) is 14.5. The molecule has 0 saturated carbocycles. The number of carbonyl (C=O) groups is 1. The van der Waals surface area contributed by atoms with Crippen LogP contribution < -0.4 is 4.31 Å². The lowest BCUT2D eigenvalue weighted by atomic mass is 10.1. The lowest BCUT2D eigenvalue weighted by Gasteiger charge is -2.26. The highest BCUT2D eigenvalue weighted by atomic mass is 35.5. The second kappa shape index (κ2) is 9.72. The predicted octanol–water partition coefficient (Wildman–Crippen LogP) is 6.04. The number of carbonyl (C=O) groups excluding carboxylic acids is 1. The zero-order valence-corrected chi connectivity index (χ0v) is 22.3. The second-order valence-electron chi connectivity index (χ2n) is 9.08. The van der Waals surface area contributed by atoms with E-state index in [9.17, 15) is 13.2 Å². The zero-order valence-electron chi connectivity index (χ0n) is 20.0. The van der Waals surface area contributed by atoms with Crippen LogP contribution in [-0.2, 0) is 19.6 Å². The van der Waals surface area contributed by atoms with Crippen molar-refractivity contribution in [3.8, 4) is 11.5 Å². The fourth-order valence-electron chi connectivity index (χ4n) is 3.55. The van der Waals surface area contributed by atoms with Gasteiger partial charge in [-0.3, -0.25) is 9.10 Å². The van der Waals surface area contributed by atoms with Gasteiger partial charge in [0, 0.05) is 22.5 Å². The minimum atomic E-state index is -4.24. The number of aromatic nitrogens is 2. The number of fused-ring (bicyclic) bond motifs is 1. The maximum absolute atomic E-state index is 13.7. The number of anilines is 1. The molecule has 11 heteroatoms. The lowest BCUT2D eigenvalue weighted by Crippen LogP contribution is -2.39. The van der Waals surface area contributed by atoms with Crippen LogP contribution in [0.15, 0.2) is 63.9 Å². The van der Waals surface area contributed by atoms with Crippen molar-refractivity contribution < 1.29 is 22.4 Å². The highest BCUT2D eigenvalue weighted by molar-refractivity contribution is 7.92. The molecule has 3 aromatic carbocycles. The molecule has 36 heavy (non-hydrogen) atoms. The van der Waals surface area contributed by atoms with E-state index < -0.39 is 28.1 Å². The monoisotopic (exact) mass is 547 g/mol. The van der Waals surface area contributed by atoms with E-state index in [0.717, 1.165) is 20.6 Å². The molecule has 188 valence electrons. The van der Waals surface area contributed by atoms with Gasteiger partial charge in [0.2, 0.25) is 11.8 Å². The molecule has 1 aromatic heterocycles. The van der Waals surface area contributed by atoms with E-state index in [0.29, 0.717) is 11.8 Å². The summed E-state index contributed by atoms with van der Waals surface area (Å²) < 4.78 is 39.3. The Morgan fingerprint density at radius 2 is 1.61 bits per heavy atom. The molecule has 0 N–H and O–H groups in total. The van der Waals surface area contributed by atoms with Gasteiger partial charge in [-0.05, 0) is 74.0 Å². The molecule has 0 fully saturated rings. The molecule has 0 aliphatic heterocycles. The molecule has 0 aliphatic carbocycles. The number of ether oxygens (including phenoxy) is 1. The van der Waals surface area contributed by atoms with E-state index in [2.05, 4.69) is 10.2 Å². The van der Waals surface area contributed by atoms with Crippen molar-refractivity contribution in [3.63, 3.8) is 0 Å². The van der Waals surface area contributed by atoms with Crippen LogP contribution in [0.3, 0.4) is 0 Å². The summed E-state index contributed by atoms with van der Waals surface area (Å²) in [4.78, 5) is 12.6. The Labute approximate surface area is 218 Å². The fourth-order valence-corrected chi connectivity index (χ4v) is 5.67. The third kappa shape index (κ3) is 5.80. The smallest absolute Gasteiger partial charge is 0.327 e. The van der Waals surface area contributed by atoms with E-state index in [1.165, 1.54) is 18.2 Å². The van der Waals surface area contributed by atoms with Gasteiger partial charge in [-0.1, -0.05) is 35.3 Å². The Bertz CT molecular complexity index is 1540. The minimum absolute atomic E-state index is 0.147. The van der Waals surface area contributed by atoms with Crippen LogP contribution in [0.1, 0.15) is 26.7 Å². The van der Waals surface area contributed by atoms with Crippen molar-refractivity contribution in [2.75, 3.05) is 10.8 Å². The molecule has 0 bridgehead atoms. The molecule has 0 unspecified atom stereocenters. The first kappa shape index (κ1) is 25.9. The Balaban J connectivity index is 1.78. The van der Waals surface area contributed by atoms with E-state index in [1.807, 2.05) is 12.1 Å². The molecule has 0 atom stereocenters. The van der Waals surface area contributed by atoms with Gasteiger partial charge in [0.1, 0.15) is 12.1 Å². The van der Waals surface area contributed by atoms with Crippen LogP contribution in [-0.4, -0.2) is 36.7 Å². The van der Waals surface area contributed by atoms with Crippen molar-refractivity contribution in [2.24, 2.45) is 0 Å². The van der Waals surface area contributed by atoms with E-state index in [-0.39, 0.29) is 20.6 Å². The highest BCUT2D eigenvalue weighted by Gasteiger charge is 2.30. The molecule has 0 saturated heterocycles. The zero-order chi connectivity index (χ0) is 26.3. The lowest BCUT2D eigenvalue weighted by molar-refractivity contribution is -0.152. The molecule has 4 rings (SSSR count). The first-order chi connectivity index (χ1) is 16.8. The van der Waals surface area contributed by atoms with Gasteiger partial charge >= 0.3 is 5.97 Å². The molecule has 4 aromatic rings. The Kier molecular flexibility index (Phi) is 7.01. The summed E-state index contributed by atoms with van der Waals surface area (Å²) in [5, 5.41) is 9.74. The van der Waals surface area contributed by atoms with Crippen molar-refractivity contribution in [1.82, 2.24) is 10.2 Å². The summed E-state index contributed by atoms with van der Waals surface area (Å²) >= 11 is 12.1. The van der Waals surface area contributed by atoms with Gasteiger partial charge in [0.15, 0.2) is 0 Å². The minimum Gasteiger partial charge on any atom is -0.459 e. The molecule has 1 heterocycles. The van der Waals surface area contributed by atoms with Gasteiger partial charge in [-0.25, -0.2) is 8.42 Å². The number of aryl methyl sites for hydroxylation is 1. The van der Waals surface area contributed by atoms with Gasteiger partial charge < -0.3 is 9.15 Å². The molecular weight excluding hydrogens is 525 g/mol. The Hall–Kier alpha value is -3.14. The van der Waals surface area contributed by atoms with Crippen LogP contribution in [0, 0.1) is 6.92 Å². The van der Waals surface area contributed by atoms with Crippen LogP contribution in [0.4, 0.5) is 5.69 Å². The highest BCUT2D eigenvalue weighted by Crippen LogP contribution is 2.32. The number of nitrogens with zero attached hydrogens (tertiary/aromatic N) is 3. The largest absolute Gasteiger partial charge is 0.459 e. The van der Waals surface area contributed by atoms with Crippen molar-refractivity contribution in [2.45, 2.75) is 38.2 Å². The Morgan fingerprint density at radius 1 is 0.972 bits per heavy atom. The molecule has 8 nitrogen and oxygen atoms in total. The SMILES string of the molecule is Cc1nnc(-c2ccc3cc(N(CC(=O)OC(C)(C)C)S(=O)(=O)c4cc(Cl)cc(Cl)c4)ccc3c2)o1.